The first-order chi connectivity index (χ1) is 13.2. The second kappa shape index (κ2) is 7.92. The summed E-state index contributed by atoms with van der Waals surface area (Å²) in [5.41, 5.74) is 4.34. The lowest BCUT2D eigenvalue weighted by Crippen LogP contribution is -2.34. The molecule has 1 aromatic carbocycles. The van der Waals surface area contributed by atoms with Crippen molar-refractivity contribution in [3.63, 3.8) is 0 Å². The van der Waals surface area contributed by atoms with Gasteiger partial charge in [0.15, 0.2) is 0 Å². The number of piperidine rings is 1. The highest BCUT2D eigenvalue weighted by Crippen LogP contribution is 2.33. The van der Waals surface area contributed by atoms with Crippen molar-refractivity contribution < 1.29 is 4.39 Å². The van der Waals surface area contributed by atoms with E-state index in [1.165, 1.54) is 17.7 Å². The second-order valence-electron chi connectivity index (χ2n) is 7.15. The predicted molar refractivity (Wildman–Crippen MR) is 104 cm³/mol. The van der Waals surface area contributed by atoms with E-state index in [4.69, 9.17) is 4.98 Å². The van der Waals surface area contributed by atoms with Gasteiger partial charge >= 0.3 is 0 Å². The van der Waals surface area contributed by atoms with Crippen LogP contribution in [0.3, 0.4) is 0 Å². The van der Waals surface area contributed by atoms with Gasteiger partial charge in [0.05, 0.1) is 5.69 Å². The Morgan fingerprint density at radius 2 is 1.89 bits per heavy atom. The van der Waals surface area contributed by atoms with Gasteiger partial charge in [-0.25, -0.2) is 14.4 Å². The third-order valence-corrected chi connectivity index (χ3v) is 5.14. The fraction of sp³-hybridized carbons (Fsp3) is 0.318. The van der Waals surface area contributed by atoms with Gasteiger partial charge in [0, 0.05) is 43.2 Å². The van der Waals surface area contributed by atoms with Crippen LogP contribution in [0.15, 0.2) is 55.0 Å². The Morgan fingerprint density at radius 1 is 1.11 bits per heavy atom. The van der Waals surface area contributed by atoms with E-state index in [1.54, 1.807) is 0 Å². The number of halogens is 1. The molecule has 2 aromatic heterocycles. The molecule has 1 aliphatic heterocycles. The van der Waals surface area contributed by atoms with Crippen molar-refractivity contribution in [1.82, 2.24) is 19.9 Å². The van der Waals surface area contributed by atoms with Crippen LogP contribution >= 0.6 is 0 Å². The van der Waals surface area contributed by atoms with Crippen molar-refractivity contribution >= 4 is 0 Å². The van der Waals surface area contributed by atoms with Crippen LogP contribution in [0.1, 0.15) is 35.8 Å². The quantitative estimate of drug-likeness (QED) is 0.691. The second-order valence-corrected chi connectivity index (χ2v) is 7.15. The Morgan fingerprint density at radius 3 is 2.67 bits per heavy atom. The van der Waals surface area contributed by atoms with Crippen LogP contribution in [0.25, 0.3) is 11.1 Å². The van der Waals surface area contributed by atoms with Crippen molar-refractivity contribution in [2.45, 2.75) is 32.2 Å². The van der Waals surface area contributed by atoms with E-state index >= 15 is 0 Å². The van der Waals surface area contributed by atoms with E-state index in [0.717, 1.165) is 55.1 Å². The standard InChI is InChI=1S/C22H23FN4/c1-16-25-13-21(18-4-6-20(23)7-5-18)22(26-16)19-3-2-12-27(15-19)14-17-8-10-24-11-9-17/h4-11,13,19H,2-3,12,14-15H2,1H3. The molecule has 5 heteroatoms. The number of hydrogen-bond donors (Lipinski definition) is 0. The molecule has 0 saturated carbocycles. The summed E-state index contributed by atoms with van der Waals surface area (Å²) < 4.78 is 13.3. The highest BCUT2D eigenvalue weighted by molar-refractivity contribution is 5.65. The van der Waals surface area contributed by atoms with E-state index in [1.807, 2.05) is 37.6 Å². The number of rotatable bonds is 4. The van der Waals surface area contributed by atoms with Crippen LogP contribution in [-0.2, 0) is 6.54 Å². The number of pyridine rings is 1. The van der Waals surface area contributed by atoms with E-state index in [-0.39, 0.29) is 5.82 Å². The molecule has 27 heavy (non-hydrogen) atoms. The molecule has 0 aliphatic carbocycles. The minimum Gasteiger partial charge on any atom is -0.298 e. The molecule has 0 N–H and O–H groups in total. The normalized spacial score (nSPS) is 17.8. The van der Waals surface area contributed by atoms with Gasteiger partial charge in [0.2, 0.25) is 0 Å². The third kappa shape index (κ3) is 4.19. The summed E-state index contributed by atoms with van der Waals surface area (Å²) in [5, 5.41) is 0. The minimum atomic E-state index is -0.227. The highest BCUT2D eigenvalue weighted by atomic mass is 19.1. The fourth-order valence-corrected chi connectivity index (χ4v) is 3.82. The third-order valence-electron chi connectivity index (χ3n) is 5.14. The molecule has 0 spiro atoms. The first-order valence-electron chi connectivity index (χ1n) is 9.40. The molecule has 0 radical (unpaired) electrons. The summed E-state index contributed by atoms with van der Waals surface area (Å²) in [6, 6.07) is 10.8. The Bertz CT molecular complexity index is 896. The monoisotopic (exact) mass is 362 g/mol. The molecule has 1 atom stereocenters. The van der Waals surface area contributed by atoms with E-state index in [0.29, 0.717) is 5.92 Å². The Balaban J connectivity index is 1.60. The molecule has 1 aliphatic rings. The van der Waals surface area contributed by atoms with Gasteiger partial charge in [-0.3, -0.25) is 9.88 Å². The maximum absolute atomic E-state index is 13.3. The van der Waals surface area contributed by atoms with Gasteiger partial charge in [-0.2, -0.15) is 0 Å². The van der Waals surface area contributed by atoms with Crippen LogP contribution in [0.2, 0.25) is 0 Å². The van der Waals surface area contributed by atoms with Crippen molar-refractivity contribution in [1.29, 1.82) is 0 Å². The summed E-state index contributed by atoms with van der Waals surface area (Å²) in [5.74, 6) is 0.902. The number of nitrogens with zero attached hydrogens (tertiary/aromatic N) is 4. The average Bonchev–Trinajstić information content (AvgIpc) is 2.70. The number of likely N-dealkylation sites (tertiary alicyclic amines) is 1. The van der Waals surface area contributed by atoms with Gasteiger partial charge in [-0.1, -0.05) is 12.1 Å². The molecule has 138 valence electrons. The Labute approximate surface area is 159 Å². The molecule has 1 saturated heterocycles. The van der Waals surface area contributed by atoms with Gasteiger partial charge < -0.3 is 0 Å². The zero-order chi connectivity index (χ0) is 18.6. The molecule has 1 unspecified atom stereocenters. The summed E-state index contributed by atoms with van der Waals surface area (Å²) in [6.45, 7) is 4.91. The van der Waals surface area contributed by atoms with Crippen LogP contribution in [0.5, 0.6) is 0 Å². The summed E-state index contributed by atoms with van der Waals surface area (Å²) >= 11 is 0. The molecule has 3 aromatic rings. The van der Waals surface area contributed by atoms with Gasteiger partial charge in [0.1, 0.15) is 11.6 Å². The zero-order valence-electron chi connectivity index (χ0n) is 15.5. The van der Waals surface area contributed by atoms with E-state index in [2.05, 4.69) is 27.0 Å². The topological polar surface area (TPSA) is 41.9 Å². The summed E-state index contributed by atoms with van der Waals surface area (Å²) in [7, 11) is 0. The minimum absolute atomic E-state index is 0.227. The molecule has 3 heterocycles. The Kier molecular flexibility index (Phi) is 5.21. The number of aryl methyl sites for hydroxylation is 1. The van der Waals surface area contributed by atoms with E-state index in [9.17, 15) is 4.39 Å². The van der Waals surface area contributed by atoms with Crippen LogP contribution in [0, 0.1) is 12.7 Å². The van der Waals surface area contributed by atoms with Gasteiger partial charge in [-0.15, -0.1) is 0 Å². The molecule has 4 nitrogen and oxygen atoms in total. The first kappa shape index (κ1) is 17.7. The SMILES string of the molecule is Cc1ncc(-c2ccc(F)cc2)c(C2CCCN(Cc3ccncc3)C2)n1. The van der Waals surface area contributed by atoms with Crippen molar-refractivity contribution in [2.75, 3.05) is 13.1 Å². The molecular weight excluding hydrogens is 339 g/mol. The summed E-state index contributed by atoms with van der Waals surface area (Å²) in [6.07, 6.45) is 7.82. The number of hydrogen-bond acceptors (Lipinski definition) is 4. The maximum Gasteiger partial charge on any atom is 0.125 e. The van der Waals surface area contributed by atoms with Gasteiger partial charge in [0.25, 0.3) is 0 Å². The fourth-order valence-electron chi connectivity index (χ4n) is 3.82. The van der Waals surface area contributed by atoms with Crippen LogP contribution in [0.4, 0.5) is 4.39 Å². The van der Waals surface area contributed by atoms with Crippen LogP contribution in [-0.4, -0.2) is 32.9 Å². The predicted octanol–water partition coefficient (Wildman–Crippen LogP) is 4.37. The largest absolute Gasteiger partial charge is 0.298 e. The average molecular weight is 362 g/mol. The molecule has 0 bridgehead atoms. The smallest absolute Gasteiger partial charge is 0.125 e. The lowest BCUT2D eigenvalue weighted by molar-refractivity contribution is 0.198. The molecular formula is C22H23FN4. The van der Waals surface area contributed by atoms with Gasteiger partial charge in [-0.05, 0) is 61.7 Å². The first-order valence-corrected chi connectivity index (χ1v) is 9.40. The summed E-state index contributed by atoms with van der Waals surface area (Å²) in [4.78, 5) is 15.8. The zero-order valence-corrected chi connectivity index (χ0v) is 15.5. The van der Waals surface area contributed by atoms with Crippen molar-refractivity contribution in [3.8, 4) is 11.1 Å². The lowest BCUT2D eigenvalue weighted by atomic mass is 9.89. The molecule has 1 fully saturated rings. The maximum atomic E-state index is 13.3. The van der Waals surface area contributed by atoms with Crippen LogP contribution < -0.4 is 0 Å². The number of benzene rings is 1. The molecule has 4 rings (SSSR count). The highest BCUT2D eigenvalue weighted by Gasteiger charge is 2.25. The van der Waals surface area contributed by atoms with Crippen molar-refractivity contribution in [3.05, 3.63) is 77.9 Å². The Hall–Kier alpha value is -2.66. The van der Waals surface area contributed by atoms with Crippen molar-refractivity contribution in [2.24, 2.45) is 0 Å². The lowest BCUT2D eigenvalue weighted by Gasteiger charge is -2.33. The number of aromatic nitrogens is 3. The molecule has 0 amide bonds. The van der Waals surface area contributed by atoms with E-state index < -0.39 is 0 Å².